The van der Waals surface area contributed by atoms with Crippen LogP contribution in [0.5, 0.6) is 0 Å². The number of ketones is 1. The summed E-state index contributed by atoms with van der Waals surface area (Å²) in [4.78, 5) is 12.4. The molecule has 0 radical (unpaired) electrons. The van der Waals surface area contributed by atoms with Gasteiger partial charge in [0.2, 0.25) is 0 Å². The molecular weight excluding hydrogens is 212 g/mol. The Morgan fingerprint density at radius 3 is 2.76 bits per heavy atom. The molecular formula is C14H22N2O. The van der Waals surface area contributed by atoms with E-state index in [2.05, 4.69) is 18.9 Å². The summed E-state index contributed by atoms with van der Waals surface area (Å²) in [7, 11) is 0. The molecule has 0 spiro atoms. The Kier molecular flexibility index (Phi) is 3.97. The molecule has 0 aliphatic heterocycles. The van der Waals surface area contributed by atoms with Crippen LogP contribution in [0, 0.1) is 11.8 Å². The summed E-state index contributed by atoms with van der Waals surface area (Å²) in [5, 5.41) is 4.23. The molecule has 1 aromatic heterocycles. The fourth-order valence-electron chi connectivity index (χ4n) is 2.66. The summed E-state index contributed by atoms with van der Waals surface area (Å²) in [5.74, 6) is 1.33. The van der Waals surface area contributed by atoms with Crippen LogP contribution in [-0.2, 0) is 6.54 Å². The first-order chi connectivity index (χ1) is 8.22. The minimum Gasteiger partial charge on any atom is -0.292 e. The highest BCUT2D eigenvalue weighted by molar-refractivity contribution is 5.96. The molecule has 1 heterocycles. The third-order valence-corrected chi connectivity index (χ3v) is 3.79. The van der Waals surface area contributed by atoms with Crippen LogP contribution >= 0.6 is 0 Å². The Morgan fingerprint density at radius 1 is 1.41 bits per heavy atom. The quantitative estimate of drug-likeness (QED) is 0.749. The zero-order valence-corrected chi connectivity index (χ0v) is 10.9. The second-order valence-electron chi connectivity index (χ2n) is 5.26. The summed E-state index contributed by atoms with van der Waals surface area (Å²) in [6, 6.07) is 1.87. The molecule has 0 unspecified atom stereocenters. The molecule has 94 valence electrons. The summed E-state index contributed by atoms with van der Waals surface area (Å²) in [6.07, 6.45) is 7.25. The topological polar surface area (TPSA) is 34.9 Å². The Morgan fingerprint density at radius 2 is 2.12 bits per heavy atom. The standard InChI is InChI=1S/C14H22N2O/c1-3-10-16-13(8-9-15-16)14(17)12-6-4-11(2)5-7-12/h8-9,11-12H,3-7,10H2,1-2H3. The largest absolute Gasteiger partial charge is 0.292 e. The van der Waals surface area contributed by atoms with Gasteiger partial charge in [-0.15, -0.1) is 0 Å². The molecule has 17 heavy (non-hydrogen) atoms. The third-order valence-electron chi connectivity index (χ3n) is 3.79. The lowest BCUT2D eigenvalue weighted by molar-refractivity contribution is 0.0864. The van der Waals surface area contributed by atoms with E-state index in [0.717, 1.165) is 37.4 Å². The molecule has 0 aromatic carbocycles. The molecule has 0 saturated heterocycles. The van der Waals surface area contributed by atoms with E-state index in [4.69, 9.17) is 0 Å². The van der Waals surface area contributed by atoms with E-state index in [1.807, 2.05) is 10.7 Å². The van der Waals surface area contributed by atoms with Gasteiger partial charge in [-0.05, 0) is 31.2 Å². The normalized spacial score (nSPS) is 24.8. The monoisotopic (exact) mass is 234 g/mol. The molecule has 0 bridgehead atoms. The van der Waals surface area contributed by atoms with Gasteiger partial charge in [0.1, 0.15) is 5.69 Å². The predicted octanol–water partition coefficient (Wildman–Crippen LogP) is 3.30. The highest BCUT2D eigenvalue weighted by Crippen LogP contribution is 2.30. The van der Waals surface area contributed by atoms with Crippen molar-refractivity contribution >= 4 is 5.78 Å². The van der Waals surface area contributed by atoms with Crippen LogP contribution in [0.25, 0.3) is 0 Å². The average Bonchev–Trinajstić information content (AvgIpc) is 2.78. The van der Waals surface area contributed by atoms with E-state index in [0.29, 0.717) is 5.78 Å². The van der Waals surface area contributed by atoms with Gasteiger partial charge in [-0.1, -0.05) is 26.7 Å². The molecule has 3 nitrogen and oxygen atoms in total. The maximum atomic E-state index is 12.4. The highest BCUT2D eigenvalue weighted by Gasteiger charge is 2.26. The fraction of sp³-hybridized carbons (Fsp3) is 0.714. The fourth-order valence-corrected chi connectivity index (χ4v) is 2.66. The van der Waals surface area contributed by atoms with Crippen LogP contribution in [0.2, 0.25) is 0 Å². The molecule has 1 fully saturated rings. The number of hydrogen-bond acceptors (Lipinski definition) is 2. The van der Waals surface area contributed by atoms with Crippen LogP contribution in [0.15, 0.2) is 12.3 Å². The molecule has 1 aromatic rings. The number of aromatic nitrogens is 2. The van der Waals surface area contributed by atoms with Crippen LogP contribution < -0.4 is 0 Å². The van der Waals surface area contributed by atoms with Crippen molar-refractivity contribution in [2.24, 2.45) is 11.8 Å². The smallest absolute Gasteiger partial charge is 0.183 e. The predicted molar refractivity (Wildman–Crippen MR) is 68.0 cm³/mol. The van der Waals surface area contributed by atoms with Crippen molar-refractivity contribution in [2.75, 3.05) is 0 Å². The van der Waals surface area contributed by atoms with E-state index < -0.39 is 0 Å². The summed E-state index contributed by atoms with van der Waals surface area (Å²) >= 11 is 0. The number of rotatable bonds is 4. The molecule has 3 heteroatoms. The van der Waals surface area contributed by atoms with E-state index in [1.165, 1.54) is 12.8 Å². The lowest BCUT2D eigenvalue weighted by Gasteiger charge is -2.25. The second kappa shape index (κ2) is 5.48. The SMILES string of the molecule is CCCn1nccc1C(=O)C1CCC(C)CC1. The number of carbonyl (C=O) groups excluding carboxylic acids is 1. The number of nitrogens with zero attached hydrogens (tertiary/aromatic N) is 2. The Bertz CT molecular complexity index is 375. The van der Waals surface area contributed by atoms with Crippen molar-refractivity contribution in [3.05, 3.63) is 18.0 Å². The zero-order chi connectivity index (χ0) is 12.3. The third kappa shape index (κ3) is 2.76. The van der Waals surface area contributed by atoms with Gasteiger partial charge in [0.25, 0.3) is 0 Å². The van der Waals surface area contributed by atoms with Crippen LogP contribution in [-0.4, -0.2) is 15.6 Å². The highest BCUT2D eigenvalue weighted by atomic mass is 16.1. The maximum absolute atomic E-state index is 12.4. The summed E-state index contributed by atoms with van der Waals surface area (Å²) in [5.41, 5.74) is 0.811. The Labute approximate surface area is 103 Å². The first-order valence-corrected chi connectivity index (χ1v) is 6.78. The molecule has 0 amide bonds. The number of aryl methyl sites for hydroxylation is 1. The van der Waals surface area contributed by atoms with Gasteiger partial charge in [0, 0.05) is 18.7 Å². The van der Waals surface area contributed by atoms with Gasteiger partial charge in [0.15, 0.2) is 5.78 Å². The van der Waals surface area contributed by atoms with Gasteiger partial charge in [-0.3, -0.25) is 9.48 Å². The van der Waals surface area contributed by atoms with E-state index in [9.17, 15) is 4.79 Å². The lowest BCUT2D eigenvalue weighted by atomic mass is 9.80. The molecule has 2 rings (SSSR count). The number of Topliss-reactive ketones (excluding diaryl/α,β-unsaturated/α-hetero) is 1. The van der Waals surface area contributed by atoms with Gasteiger partial charge >= 0.3 is 0 Å². The second-order valence-corrected chi connectivity index (χ2v) is 5.26. The van der Waals surface area contributed by atoms with Crippen LogP contribution in [0.1, 0.15) is 56.4 Å². The average molecular weight is 234 g/mol. The van der Waals surface area contributed by atoms with Crippen molar-refractivity contribution in [3.63, 3.8) is 0 Å². The summed E-state index contributed by atoms with van der Waals surface area (Å²) in [6.45, 7) is 5.23. The minimum absolute atomic E-state index is 0.235. The maximum Gasteiger partial charge on any atom is 0.183 e. The first kappa shape index (κ1) is 12.3. The van der Waals surface area contributed by atoms with Crippen molar-refractivity contribution in [3.8, 4) is 0 Å². The van der Waals surface area contributed by atoms with Crippen LogP contribution in [0.3, 0.4) is 0 Å². The van der Waals surface area contributed by atoms with E-state index in [-0.39, 0.29) is 5.92 Å². The number of hydrogen-bond donors (Lipinski definition) is 0. The molecule has 1 saturated carbocycles. The summed E-state index contributed by atoms with van der Waals surface area (Å²) < 4.78 is 1.86. The molecule has 1 aliphatic carbocycles. The lowest BCUT2D eigenvalue weighted by Crippen LogP contribution is -2.23. The minimum atomic E-state index is 0.235. The molecule has 0 N–H and O–H groups in total. The van der Waals surface area contributed by atoms with Crippen molar-refractivity contribution < 1.29 is 4.79 Å². The van der Waals surface area contributed by atoms with Gasteiger partial charge in [-0.2, -0.15) is 5.10 Å². The molecule has 0 atom stereocenters. The van der Waals surface area contributed by atoms with Crippen molar-refractivity contribution in [2.45, 2.75) is 52.5 Å². The zero-order valence-electron chi connectivity index (χ0n) is 10.9. The Balaban J connectivity index is 2.06. The van der Waals surface area contributed by atoms with Gasteiger partial charge < -0.3 is 0 Å². The van der Waals surface area contributed by atoms with E-state index in [1.54, 1.807) is 6.20 Å². The van der Waals surface area contributed by atoms with Crippen LogP contribution in [0.4, 0.5) is 0 Å². The first-order valence-electron chi connectivity index (χ1n) is 6.78. The van der Waals surface area contributed by atoms with Gasteiger partial charge in [-0.25, -0.2) is 0 Å². The van der Waals surface area contributed by atoms with Gasteiger partial charge in [0.05, 0.1) is 0 Å². The molecule has 1 aliphatic rings. The number of carbonyl (C=O) groups is 1. The van der Waals surface area contributed by atoms with Crippen molar-refractivity contribution in [1.29, 1.82) is 0 Å². The van der Waals surface area contributed by atoms with Crippen molar-refractivity contribution in [1.82, 2.24) is 9.78 Å². The Hall–Kier alpha value is -1.12. The van der Waals surface area contributed by atoms with E-state index >= 15 is 0 Å².